The normalized spacial score (nSPS) is 18.2. The van der Waals surface area contributed by atoms with Gasteiger partial charge in [-0.15, -0.1) is 11.8 Å². The van der Waals surface area contributed by atoms with Gasteiger partial charge in [0.05, 0.1) is 10.9 Å². The summed E-state index contributed by atoms with van der Waals surface area (Å²) >= 11 is 1.45. The monoisotopic (exact) mass is 250 g/mol. The van der Waals surface area contributed by atoms with Gasteiger partial charge in [-0.1, -0.05) is 12.1 Å². The van der Waals surface area contributed by atoms with Crippen molar-refractivity contribution in [2.75, 3.05) is 11.9 Å². The molecule has 2 N–H and O–H groups in total. The highest BCUT2D eigenvalue weighted by Gasteiger charge is 2.28. The van der Waals surface area contributed by atoms with Crippen molar-refractivity contribution < 1.29 is 9.59 Å². The van der Waals surface area contributed by atoms with Crippen LogP contribution in [-0.4, -0.2) is 23.6 Å². The molecule has 0 saturated carbocycles. The molecule has 0 unspecified atom stereocenters. The predicted molar refractivity (Wildman–Crippen MR) is 68.0 cm³/mol. The number of nitrogens with one attached hydrogen (secondary N) is 2. The lowest BCUT2D eigenvalue weighted by Crippen LogP contribution is -2.34. The molecule has 0 bridgehead atoms. The smallest absolute Gasteiger partial charge is 0.238 e. The summed E-state index contributed by atoms with van der Waals surface area (Å²) in [4.78, 5) is 24.3. The van der Waals surface area contributed by atoms with Crippen LogP contribution in [0, 0.1) is 0 Å². The molecule has 0 aliphatic carbocycles. The third-order valence-electron chi connectivity index (χ3n) is 2.45. The third-order valence-corrected chi connectivity index (χ3v) is 3.73. The van der Waals surface area contributed by atoms with Gasteiger partial charge >= 0.3 is 0 Å². The number of carbonyl (C=O) groups is 2. The van der Waals surface area contributed by atoms with Crippen LogP contribution in [0.3, 0.4) is 0 Å². The zero-order chi connectivity index (χ0) is 12.3. The first-order valence-corrected chi connectivity index (χ1v) is 6.42. The van der Waals surface area contributed by atoms with Crippen LogP contribution in [-0.2, 0) is 9.59 Å². The lowest BCUT2D eigenvalue weighted by Gasteiger charge is -2.23. The minimum atomic E-state index is -0.337. The fourth-order valence-electron chi connectivity index (χ4n) is 1.66. The summed E-state index contributed by atoms with van der Waals surface area (Å²) in [5, 5.41) is 5.19. The predicted octanol–water partition coefficient (Wildman–Crippen LogP) is 1.63. The zero-order valence-electron chi connectivity index (χ0n) is 9.53. The summed E-state index contributed by atoms with van der Waals surface area (Å²) in [5.41, 5.74) is 0.828. The quantitative estimate of drug-likeness (QED) is 0.857. The van der Waals surface area contributed by atoms with Gasteiger partial charge in [-0.2, -0.15) is 0 Å². The number of thioether (sulfide) groups is 1. The highest BCUT2D eigenvalue weighted by molar-refractivity contribution is 8.01. The van der Waals surface area contributed by atoms with E-state index in [-0.39, 0.29) is 23.5 Å². The van der Waals surface area contributed by atoms with E-state index in [0.717, 1.165) is 10.6 Å². The minimum Gasteiger partial charge on any atom is -0.356 e. The summed E-state index contributed by atoms with van der Waals surface area (Å²) in [6.45, 7) is 2.45. The molecule has 1 aliphatic rings. The number of carbonyl (C=O) groups excluding carboxylic acids is 2. The van der Waals surface area contributed by atoms with E-state index >= 15 is 0 Å². The molecule has 5 heteroatoms. The van der Waals surface area contributed by atoms with Gasteiger partial charge in [0.2, 0.25) is 11.8 Å². The van der Waals surface area contributed by atoms with E-state index in [4.69, 9.17) is 0 Å². The molecule has 0 aromatic heterocycles. The van der Waals surface area contributed by atoms with Crippen LogP contribution in [0.15, 0.2) is 29.2 Å². The van der Waals surface area contributed by atoms with Crippen LogP contribution in [0.2, 0.25) is 0 Å². The molecule has 0 spiro atoms. The SMILES string of the molecule is CCNC(=O)C[C@H]1Sc2ccccc2NC1=O. The van der Waals surface area contributed by atoms with Crippen molar-refractivity contribution in [1.82, 2.24) is 5.32 Å². The molecular formula is C12H14N2O2S. The zero-order valence-corrected chi connectivity index (χ0v) is 10.3. The Morgan fingerprint density at radius 2 is 2.24 bits per heavy atom. The van der Waals surface area contributed by atoms with E-state index in [0.29, 0.717) is 6.54 Å². The number of benzene rings is 1. The summed E-state index contributed by atoms with van der Waals surface area (Å²) in [5.74, 6) is -0.181. The van der Waals surface area contributed by atoms with Gasteiger partial charge in [0.1, 0.15) is 0 Å². The van der Waals surface area contributed by atoms with E-state index < -0.39 is 0 Å². The first-order chi connectivity index (χ1) is 8.20. The number of hydrogen-bond donors (Lipinski definition) is 2. The van der Waals surface area contributed by atoms with Gasteiger partial charge in [0, 0.05) is 17.9 Å². The Bertz CT molecular complexity index is 448. The number of para-hydroxylation sites is 1. The van der Waals surface area contributed by atoms with Crippen LogP contribution in [0.25, 0.3) is 0 Å². The van der Waals surface area contributed by atoms with Crippen molar-refractivity contribution >= 4 is 29.3 Å². The van der Waals surface area contributed by atoms with Crippen LogP contribution in [0.5, 0.6) is 0 Å². The molecule has 0 fully saturated rings. The van der Waals surface area contributed by atoms with Crippen molar-refractivity contribution in [2.45, 2.75) is 23.5 Å². The second kappa shape index (κ2) is 5.23. The van der Waals surface area contributed by atoms with Gasteiger partial charge in [-0.3, -0.25) is 9.59 Å². The minimum absolute atomic E-state index is 0.0838. The molecule has 1 aromatic carbocycles. The van der Waals surface area contributed by atoms with Gasteiger partial charge < -0.3 is 10.6 Å². The molecule has 2 rings (SSSR count). The molecule has 4 nitrogen and oxygen atoms in total. The first kappa shape index (κ1) is 12.0. The highest BCUT2D eigenvalue weighted by atomic mass is 32.2. The molecule has 0 saturated heterocycles. The van der Waals surface area contributed by atoms with Crippen LogP contribution < -0.4 is 10.6 Å². The van der Waals surface area contributed by atoms with Gasteiger partial charge in [-0.05, 0) is 19.1 Å². The number of rotatable bonds is 3. The van der Waals surface area contributed by atoms with Gasteiger partial charge in [-0.25, -0.2) is 0 Å². The highest BCUT2D eigenvalue weighted by Crippen LogP contribution is 2.36. The average molecular weight is 250 g/mol. The van der Waals surface area contributed by atoms with E-state index in [1.165, 1.54) is 11.8 Å². The van der Waals surface area contributed by atoms with Crippen LogP contribution >= 0.6 is 11.8 Å². The second-order valence-corrected chi connectivity index (χ2v) is 4.99. The molecule has 1 aromatic rings. The second-order valence-electron chi connectivity index (χ2n) is 3.75. The molecule has 2 amide bonds. The van der Waals surface area contributed by atoms with Gasteiger partial charge in [0.15, 0.2) is 0 Å². The van der Waals surface area contributed by atoms with Crippen LogP contribution in [0.1, 0.15) is 13.3 Å². The van der Waals surface area contributed by atoms with E-state index in [1.54, 1.807) is 0 Å². The Labute approximate surface area is 104 Å². The Kier molecular flexibility index (Phi) is 3.68. The summed E-state index contributed by atoms with van der Waals surface area (Å²) in [7, 11) is 0. The van der Waals surface area contributed by atoms with E-state index in [1.807, 2.05) is 31.2 Å². The Balaban J connectivity index is 2.07. The Hall–Kier alpha value is -1.49. The molecule has 1 aliphatic heterocycles. The van der Waals surface area contributed by atoms with Crippen molar-refractivity contribution in [3.8, 4) is 0 Å². The lowest BCUT2D eigenvalue weighted by molar-refractivity contribution is -0.123. The van der Waals surface area contributed by atoms with Crippen molar-refractivity contribution in [3.05, 3.63) is 24.3 Å². The summed E-state index contributed by atoms with van der Waals surface area (Å²) in [6.07, 6.45) is 0.221. The number of hydrogen-bond acceptors (Lipinski definition) is 3. The first-order valence-electron chi connectivity index (χ1n) is 5.54. The van der Waals surface area contributed by atoms with Crippen LogP contribution in [0.4, 0.5) is 5.69 Å². The molecule has 90 valence electrons. The molecule has 1 atom stereocenters. The standard InChI is InChI=1S/C12H14N2O2S/c1-2-13-11(15)7-10-12(16)14-8-5-3-4-6-9(8)17-10/h3-6,10H,2,7H2,1H3,(H,13,15)(H,14,16)/t10-/m1/s1. The maximum atomic E-state index is 11.8. The Morgan fingerprint density at radius 1 is 1.47 bits per heavy atom. The van der Waals surface area contributed by atoms with Crippen molar-refractivity contribution in [2.24, 2.45) is 0 Å². The van der Waals surface area contributed by atoms with Crippen molar-refractivity contribution in [3.63, 3.8) is 0 Å². The third kappa shape index (κ3) is 2.79. The van der Waals surface area contributed by atoms with E-state index in [9.17, 15) is 9.59 Å². The summed E-state index contributed by atoms with van der Waals surface area (Å²) in [6, 6.07) is 7.61. The maximum absolute atomic E-state index is 11.8. The maximum Gasteiger partial charge on any atom is 0.238 e. The molecule has 1 heterocycles. The summed E-state index contributed by atoms with van der Waals surface area (Å²) < 4.78 is 0. The fourth-order valence-corrected chi connectivity index (χ4v) is 2.78. The van der Waals surface area contributed by atoms with Gasteiger partial charge in [0.25, 0.3) is 0 Å². The van der Waals surface area contributed by atoms with E-state index in [2.05, 4.69) is 10.6 Å². The van der Waals surface area contributed by atoms with Crippen molar-refractivity contribution in [1.29, 1.82) is 0 Å². The average Bonchev–Trinajstić information content (AvgIpc) is 2.30. The lowest BCUT2D eigenvalue weighted by atomic mass is 10.2. The number of amides is 2. The molecule has 0 radical (unpaired) electrons. The number of anilines is 1. The molecular weight excluding hydrogens is 236 g/mol. The topological polar surface area (TPSA) is 58.2 Å². The largest absolute Gasteiger partial charge is 0.356 e. The Morgan fingerprint density at radius 3 is 3.00 bits per heavy atom. The molecule has 17 heavy (non-hydrogen) atoms. The fraction of sp³-hybridized carbons (Fsp3) is 0.333. The number of fused-ring (bicyclic) bond motifs is 1.